The van der Waals surface area contributed by atoms with Crippen LogP contribution in [-0.4, -0.2) is 0 Å². The molecule has 0 saturated heterocycles. The molecule has 0 atom stereocenters. The Kier molecular flexibility index (Phi) is 4.29. The molecule has 2 aromatic carbocycles. The van der Waals surface area contributed by atoms with Gasteiger partial charge in [0.2, 0.25) is 0 Å². The summed E-state index contributed by atoms with van der Waals surface area (Å²) in [6, 6.07) is 13.0. The number of hydrogen-bond acceptors (Lipinski definition) is 0. The van der Waals surface area contributed by atoms with Gasteiger partial charge in [0.25, 0.3) is 0 Å². The van der Waals surface area contributed by atoms with Crippen LogP contribution in [0.5, 0.6) is 0 Å². The number of benzene rings is 2. The summed E-state index contributed by atoms with van der Waals surface area (Å²) in [7, 11) is 0. The molecule has 0 fully saturated rings. The molecule has 4 heteroatoms. The smallest absolute Gasteiger partial charge is 0.166 e. The number of hydrogen-bond donors (Lipinski definition) is 0. The maximum atomic E-state index is 12.4. The Bertz CT molecular complexity index is 583. The van der Waals surface area contributed by atoms with Gasteiger partial charge in [0.15, 0.2) is 0 Å². The third-order valence-electron chi connectivity index (χ3n) is 2.55. The van der Waals surface area contributed by atoms with E-state index in [1.54, 1.807) is 6.08 Å². The number of alkyl halides is 3. The van der Waals surface area contributed by atoms with Crippen molar-refractivity contribution in [3.05, 3.63) is 68.8 Å². The van der Waals surface area contributed by atoms with Gasteiger partial charge in [-0.25, -0.2) is 0 Å². The van der Waals surface area contributed by atoms with Gasteiger partial charge in [-0.2, -0.15) is 13.2 Å². The maximum absolute atomic E-state index is 12.4. The summed E-state index contributed by atoms with van der Waals surface area (Å²) < 4.78 is 38.3. The predicted octanol–water partition coefficient (Wildman–Crippen LogP) is 5.48. The molecule has 0 aliphatic rings. The first-order chi connectivity index (χ1) is 8.95. The molecule has 0 spiro atoms. The highest BCUT2D eigenvalue weighted by Crippen LogP contribution is 2.29. The highest BCUT2D eigenvalue weighted by atomic mass is 127. The van der Waals surface area contributed by atoms with Crippen LogP contribution < -0.4 is 0 Å². The zero-order chi connectivity index (χ0) is 13.9. The Labute approximate surface area is 123 Å². The second kappa shape index (κ2) is 5.77. The minimum absolute atomic E-state index is 0.626. The topological polar surface area (TPSA) is 0 Å². The van der Waals surface area contributed by atoms with Gasteiger partial charge in [-0.3, -0.25) is 0 Å². The lowest BCUT2D eigenvalue weighted by atomic mass is 10.1. The predicted molar refractivity (Wildman–Crippen MR) is 79.5 cm³/mol. The van der Waals surface area contributed by atoms with Gasteiger partial charge in [-0.15, -0.1) is 0 Å². The highest BCUT2D eigenvalue weighted by Gasteiger charge is 2.29. The molecule has 0 bridgehead atoms. The van der Waals surface area contributed by atoms with Crippen molar-refractivity contribution in [2.24, 2.45) is 0 Å². The van der Waals surface area contributed by atoms with E-state index in [4.69, 9.17) is 0 Å². The van der Waals surface area contributed by atoms with Gasteiger partial charge in [0.1, 0.15) is 0 Å². The minimum Gasteiger partial charge on any atom is -0.166 e. The van der Waals surface area contributed by atoms with Crippen LogP contribution in [0.2, 0.25) is 0 Å². The van der Waals surface area contributed by atoms with Gasteiger partial charge in [0, 0.05) is 3.57 Å². The molecule has 0 nitrogen and oxygen atoms in total. The first kappa shape index (κ1) is 14.1. The van der Waals surface area contributed by atoms with E-state index in [0.29, 0.717) is 0 Å². The molecule has 0 N–H and O–H groups in total. The van der Waals surface area contributed by atoms with E-state index in [1.807, 2.05) is 30.3 Å². The molecule has 0 unspecified atom stereocenters. The second-order valence-electron chi connectivity index (χ2n) is 4.01. The Balaban J connectivity index is 2.16. The lowest BCUT2D eigenvalue weighted by Crippen LogP contribution is -2.03. The standard InChI is InChI=1S/C15H10F3I/c16-15(17,18)13-8-6-11(7-9-13)4-5-12-2-1-3-14(19)10-12/h1-10H/b5-4+. The van der Waals surface area contributed by atoms with Crippen molar-refractivity contribution in [1.29, 1.82) is 0 Å². The van der Waals surface area contributed by atoms with Crippen LogP contribution in [0, 0.1) is 3.57 Å². The Morgan fingerprint density at radius 3 is 2.05 bits per heavy atom. The normalized spacial score (nSPS) is 12.0. The molecule has 0 aliphatic heterocycles. The third kappa shape index (κ3) is 4.09. The van der Waals surface area contributed by atoms with Gasteiger partial charge in [0.05, 0.1) is 5.56 Å². The van der Waals surface area contributed by atoms with Crippen molar-refractivity contribution < 1.29 is 13.2 Å². The zero-order valence-electron chi connectivity index (χ0n) is 9.79. The first-order valence-electron chi connectivity index (χ1n) is 5.56. The molecular weight excluding hydrogens is 364 g/mol. The molecule has 19 heavy (non-hydrogen) atoms. The van der Waals surface area contributed by atoms with Crippen LogP contribution in [0.1, 0.15) is 16.7 Å². The highest BCUT2D eigenvalue weighted by molar-refractivity contribution is 14.1. The molecule has 0 heterocycles. The molecular formula is C15H10F3I. The van der Waals surface area contributed by atoms with Crippen molar-refractivity contribution >= 4 is 34.7 Å². The van der Waals surface area contributed by atoms with Crippen molar-refractivity contribution in [3.8, 4) is 0 Å². The lowest BCUT2D eigenvalue weighted by Gasteiger charge is -2.05. The first-order valence-corrected chi connectivity index (χ1v) is 6.64. The summed E-state index contributed by atoms with van der Waals surface area (Å²) in [5.41, 5.74) is 1.14. The van der Waals surface area contributed by atoms with E-state index < -0.39 is 11.7 Å². The molecule has 2 aromatic rings. The van der Waals surface area contributed by atoms with Gasteiger partial charge in [-0.1, -0.05) is 36.4 Å². The fourth-order valence-electron chi connectivity index (χ4n) is 1.59. The summed E-state index contributed by atoms with van der Waals surface area (Å²) in [4.78, 5) is 0. The monoisotopic (exact) mass is 374 g/mol. The van der Waals surface area contributed by atoms with Crippen LogP contribution in [0.15, 0.2) is 48.5 Å². The molecule has 98 valence electrons. The largest absolute Gasteiger partial charge is 0.416 e. The molecule has 0 aromatic heterocycles. The fourth-order valence-corrected chi connectivity index (χ4v) is 2.15. The molecule has 0 radical (unpaired) electrons. The molecule has 0 aliphatic carbocycles. The van der Waals surface area contributed by atoms with Crippen LogP contribution in [0.4, 0.5) is 13.2 Å². The van der Waals surface area contributed by atoms with E-state index in [9.17, 15) is 13.2 Å². The van der Waals surface area contributed by atoms with Crippen LogP contribution in [-0.2, 0) is 6.18 Å². The van der Waals surface area contributed by atoms with Crippen LogP contribution >= 0.6 is 22.6 Å². The molecule has 0 saturated carbocycles. The van der Waals surface area contributed by atoms with Crippen LogP contribution in [0.25, 0.3) is 12.2 Å². The molecule has 2 rings (SSSR count). The zero-order valence-corrected chi connectivity index (χ0v) is 11.9. The maximum Gasteiger partial charge on any atom is 0.416 e. The fraction of sp³-hybridized carbons (Fsp3) is 0.0667. The van der Waals surface area contributed by atoms with E-state index in [-0.39, 0.29) is 0 Å². The van der Waals surface area contributed by atoms with Crippen molar-refractivity contribution in [1.82, 2.24) is 0 Å². The van der Waals surface area contributed by atoms with Gasteiger partial charge in [-0.05, 0) is 58.0 Å². The Morgan fingerprint density at radius 1 is 0.842 bits per heavy atom. The summed E-state index contributed by atoms with van der Waals surface area (Å²) in [5, 5.41) is 0. The minimum atomic E-state index is -4.28. The van der Waals surface area contributed by atoms with Gasteiger partial charge >= 0.3 is 6.18 Å². The van der Waals surface area contributed by atoms with E-state index in [0.717, 1.165) is 26.8 Å². The average molecular weight is 374 g/mol. The van der Waals surface area contributed by atoms with E-state index >= 15 is 0 Å². The van der Waals surface area contributed by atoms with E-state index in [1.165, 1.54) is 12.1 Å². The quantitative estimate of drug-likeness (QED) is 0.482. The second-order valence-corrected chi connectivity index (χ2v) is 5.25. The third-order valence-corrected chi connectivity index (χ3v) is 3.23. The van der Waals surface area contributed by atoms with Crippen molar-refractivity contribution in [3.63, 3.8) is 0 Å². The number of halogens is 4. The van der Waals surface area contributed by atoms with Crippen molar-refractivity contribution in [2.45, 2.75) is 6.18 Å². The summed E-state index contributed by atoms with van der Waals surface area (Å²) >= 11 is 2.21. The number of rotatable bonds is 2. The summed E-state index contributed by atoms with van der Waals surface area (Å²) in [6.45, 7) is 0. The SMILES string of the molecule is FC(F)(F)c1ccc(/C=C/c2cccc(I)c2)cc1. The van der Waals surface area contributed by atoms with Crippen LogP contribution in [0.3, 0.4) is 0 Å². The Morgan fingerprint density at radius 2 is 1.47 bits per heavy atom. The molecule has 0 amide bonds. The summed E-state index contributed by atoms with van der Waals surface area (Å²) in [5.74, 6) is 0. The summed E-state index contributed by atoms with van der Waals surface area (Å²) in [6.07, 6.45) is -0.603. The van der Waals surface area contributed by atoms with Gasteiger partial charge < -0.3 is 0 Å². The Hall–Kier alpha value is -1.30. The van der Waals surface area contributed by atoms with Crippen molar-refractivity contribution in [2.75, 3.05) is 0 Å². The lowest BCUT2D eigenvalue weighted by molar-refractivity contribution is -0.137. The average Bonchev–Trinajstić information content (AvgIpc) is 2.36. The van der Waals surface area contributed by atoms with E-state index in [2.05, 4.69) is 22.6 Å².